The highest BCUT2D eigenvalue weighted by Crippen LogP contribution is 2.26. The number of anilines is 1. The van der Waals surface area contributed by atoms with Crippen LogP contribution in [-0.4, -0.2) is 52.9 Å². The molecule has 1 fully saturated rings. The number of fused-ring (bicyclic) bond motifs is 1. The molecule has 34 heavy (non-hydrogen) atoms. The lowest BCUT2D eigenvalue weighted by Crippen LogP contribution is -2.41. The van der Waals surface area contributed by atoms with Gasteiger partial charge in [0.05, 0.1) is 29.3 Å². The molecule has 0 bridgehead atoms. The zero-order valence-corrected chi connectivity index (χ0v) is 19.8. The smallest absolute Gasteiger partial charge is 0.332 e. The molecule has 0 unspecified atom stereocenters. The predicted octanol–water partition coefficient (Wildman–Crippen LogP) is 0.680. The lowest BCUT2D eigenvalue weighted by molar-refractivity contribution is -0.120. The molecule has 1 aliphatic rings. The number of hydrogen-bond acceptors (Lipinski definition) is 7. The number of aryl methyl sites for hydroxylation is 1. The molecule has 4 rings (SSSR count). The van der Waals surface area contributed by atoms with Crippen molar-refractivity contribution >= 4 is 32.7 Å². The fourth-order valence-electron chi connectivity index (χ4n) is 4.03. The van der Waals surface area contributed by atoms with Gasteiger partial charge in [0, 0.05) is 33.1 Å². The quantitative estimate of drug-likeness (QED) is 0.560. The Morgan fingerprint density at radius 2 is 1.74 bits per heavy atom. The van der Waals surface area contributed by atoms with Gasteiger partial charge in [-0.2, -0.15) is 4.31 Å². The minimum atomic E-state index is -3.66. The average molecular weight is 488 g/mol. The van der Waals surface area contributed by atoms with Crippen molar-refractivity contribution in [2.45, 2.75) is 17.7 Å². The second-order valence-corrected chi connectivity index (χ2v) is 10.1. The normalized spacial score (nSPS) is 15.4. The van der Waals surface area contributed by atoms with E-state index < -0.39 is 21.3 Å². The number of piperidine rings is 1. The highest BCUT2D eigenvalue weighted by atomic mass is 32.2. The summed E-state index contributed by atoms with van der Waals surface area (Å²) in [6.07, 6.45) is 2.11. The second-order valence-electron chi connectivity index (χ2n) is 8.14. The van der Waals surface area contributed by atoms with Crippen molar-refractivity contribution in [1.29, 1.82) is 0 Å². The molecule has 0 radical (unpaired) electrons. The summed E-state index contributed by atoms with van der Waals surface area (Å²) in [5.41, 5.74) is -0.429. The summed E-state index contributed by atoms with van der Waals surface area (Å²) in [7, 11) is 0.740. The van der Waals surface area contributed by atoms with E-state index in [1.54, 1.807) is 12.1 Å². The van der Waals surface area contributed by atoms with Gasteiger partial charge in [-0.3, -0.25) is 18.7 Å². The van der Waals surface area contributed by atoms with Crippen LogP contribution in [0.4, 0.5) is 5.69 Å². The average Bonchev–Trinajstić information content (AvgIpc) is 2.86. The number of nitrogens with zero attached hydrogens (tertiary/aromatic N) is 4. The molecule has 2 aromatic heterocycles. The van der Waals surface area contributed by atoms with Crippen LogP contribution in [0.3, 0.4) is 0 Å². The van der Waals surface area contributed by atoms with Gasteiger partial charge in [0.2, 0.25) is 15.9 Å². The minimum absolute atomic E-state index is 0.175. The number of amides is 1. The number of benzene rings is 1. The Kier molecular flexibility index (Phi) is 6.28. The lowest BCUT2D eigenvalue weighted by Gasteiger charge is -2.30. The summed E-state index contributed by atoms with van der Waals surface area (Å²) in [6.45, 7) is 0.427. The summed E-state index contributed by atoms with van der Waals surface area (Å²) in [5, 5.41) is 2.97. The van der Waals surface area contributed by atoms with Gasteiger partial charge in [0.1, 0.15) is 11.4 Å². The molecule has 0 aliphatic carbocycles. The fraction of sp³-hybridized carbons (Fsp3) is 0.364. The molecule has 1 amide bonds. The topological polar surface area (TPSA) is 133 Å². The van der Waals surface area contributed by atoms with E-state index in [9.17, 15) is 22.8 Å². The minimum Gasteiger partial charge on any atom is -0.497 e. The molecular formula is C22H25N5O6S. The highest BCUT2D eigenvalue weighted by molar-refractivity contribution is 7.89. The van der Waals surface area contributed by atoms with Gasteiger partial charge in [-0.15, -0.1) is 0 Å². The third-order valence-corrected chi connectivity index (χ3v) is 8.00. The monoisotopic (exact) mass is 487 g/mol. The van der Waals surface area contributed by atoms with E-state index in [0.717, 1.165) is 4.57 Å². The number of pyridine rings is 1. The van der Waals surface area contributed by atoms with Crippen LogP contribution in [0.2, 0.25) is 0 Å². The van der Waals surface area contributed by atoms with Crippen molar-refractivity contribution in [2.75, 3.05) is 25.5 Å². The van der Waals surface area contributed by atoms with E-state index in [-0.39, 0.29) is 40.8 Å². The first-order valence-corrected chi connectivity index (χ1v) is 12.1. The van der Waals surface area contributed by atoms with Crippen LogP contribution in [-0.2, 0) is 28.9 Å². The van der Waals surface area contributed by atoms with Crippen LogP contribution in [0.25, 0.3) is 11.0 Å². The van der Waals surface area contributed by atoms with E-state index in [4.69, 9.17) is 4.74 Å². The fourth-order valence-corrected chi connectivity index (χ4v) is 5.50. The molecule has 3 heterocycles. The Morgan fingerprint density at radius 1 is 1.09 bits per heavy atom. The van der Waals surface area contributed by atoms with Crippen molar-refractivity contribution in [2.24, 2.45) is 20.0 Å². The number of rotatable bonds is 5. The molecule has 1 N–H and O–H groups in total. The van der Waals surface area contributed by atoms with Crippen molar-refractivity contribution in [3.63, 3.8) is 0 Å². The molecule has 1 aliphatic heterocycles. The first kappa shape index (κ1) is 23.6. The van der Waals surface area contributed by atoms with Gasteiger partial charge in [-0.25, -0.2) is 18.2 Å². The third-order valence-electron chi connectivity index (χ3n) is 6.08. The Balaban J connectivity index is 1.45. The Bertz CT molecular complexity index is 1470. The number of nitrogens with one attached hydrogen (secondary N) is 1. The summed E-state index contributed by atoms with van der Waals surface area (Å²) >= 11 is 0. The van der Waals surface area contributed by atoms with Crippen LogP contribution in [0, 0.1) is 5.92 Å². The Morgan fingerprint density at radius 3 is 2.35 bits per heavy atom. The number of methoxy groups -OCH3 is 1. The van der Waals surface area contributed by atoms with Gasteiger partial charge in [0.25, 0.3) is 5.56 Å². The maximum absolute atomic E-state index is 12.9. The number of sulfonamides is 1. The van der Waals surface area contributed by atoms with E-state index in [0.29, 0.717) is 24.3 Å². The number of hydrogen-bond donors (Lipinski definition) is 1. The van der Waals surface area contributed by atoms with E-state index in [1.807, 2.05) is 0 Å². The largest absolute Gasteiger partial charge is 0.497 e. The van der Waals surface area contributed by atoms with Gasteiger partial charge in [-0.05, 0) is 43.2 Å². The second kappa shape index (κ2) is 9.03. The summed E-state index contributed by atoms with van der Waals surface area (Å²) in [5.74, 6) is -0.0946. The van der Waals surface area contributed by atoms with Crippen molar-refractivity contribution in [3.8, 4) is 5.75 Å². The van der Waals surface area contributed by atoms with E-state index in [2.05, 4.69) is 10.3 Å². The van der Waals surface area contributed by atoms with E-state index >= 15 is 0 Å². The first-order chi connectivity index (χ1) is 16.1. The third kappa shape index (κ3) is 4.21. The van der Waals surface area contributed by atoms with Crippen molar-refractivity contribution in [3.05, 3.63) is 57.4 Å². The SMILES string of the molecule is COc1ccc(S(=O)(=O)N2CCC(C(=O)Nc3cnc4c(c3)c(=O)n(C)c(=O)n4C)CC2)cc1. The summed E-state index contributed by atoms with van der Waals surface area (Å²) in [4.78, 5) is 41.7. The Labute approximate surface area is 195 Å². The Hall–Kier alpha value is -3.51. The molecule has 0 saturated carbocycles. The standard InChI is InChI=1S/C22H25N5O6S/c1-25-19-18(21(29)26(2)22(25)30)12-15(13-23-19)24-20(28)14-8-10-27(11-9-14)34(31,32)17-6-4-16(33-3)5-7-17/h4-7,12-14H,8-11H2,1-3H3,(H,24,28). The van der Waals surface area contributed by atoms with Gasteiger partial charge in [-0.1, -0.05) is 0 Å². The van der Waals surface area contributed by atoms with Crippen LogP contribution in [0.1, 0.15) is 12.8 Å². The van der Waals surface area contributed by atoms with Gasteiger partial charge < -0.3 is 10.1 Å². The van der Waals surface area contributed by atoms with Crippen molar-refractivity contribution in [1.82, 2.24) is 18.4 Å². The number of aromatic nitrogens is 3. The zero-order valence-electron chi connectivity index (χ0n) is 19.0. The van der Waals surface area contributed by atoms with Crippen LogP contribution < -0.4 is 21.3 Å². The maximum Gasteiger partial charge on any atom is 0.332 e. The van der Waals surface area contributed by atoms with Gasteiger partial charge in [0.15, 0.2) is 0 Å². The molecule has 12 heteroatoms. The molecule has 1 saturated heterocycles. The number of ether oxygens (including phenoxy) is 1. The highest BCUT2D eigenvalue weighted by Gasteiger charge is 2.32. The maximum atomic E-state index is 12.9. The molecular weight excluding hydrogens is 462 g/mol. The number of carbonyl (C=O) groups excluding carboxylic acids is 1. The summed E-state index contributed by atoms with van der Waals surface area (Å²) in [6, 6.07) is 7.68. The molecule has 0 atom stereocenters. The lowest BCUT2D eigenvalue weighted by atomic mass is 9.97. The molecule has 11 nitrogen and oxygen atoms in total. The first-order valence-electron chi connectivity index (χ1n) is 10.6. The van der Waals surface area contributed by atoms with Crippen LogP contribution in [0.5, 0.6) is 5.75 Å². The van der Waals surface area contributed by atoms with Gasteiger partial charge >= 0.3 is 5.69 Å². The van der Waals surface area contributed by atoms with Crippen molar-refractivity contribution < 1.29 is 17.9 Å². The van der Waals surface area contributed by atoms with E-state index in [1.165, 1.54) is 54.5 Å². The summed E-state index contributed by atoms with van der Waals surface area (Å²) < 4.78 is 34.5. The van der Waals surface area contributed by atoms with Crippen LogP contribution >= 0.6 is 0 Å². The van der Waals surface area contributed by atoms with Crippen LogP contribution in [0.15, 0.2) is 51.0 Å². The zero-order chi connectivity index (χ0) is 24.6. The molecule has 1 aromatic carbocycles. The molecule has 0 spiro atoms. The number of carbonyl (C=O) groups is 1. The molecule has 3 aromatic rings. The predicted molar refractivity (Wildman–Crippen MR) is 125 cm³/mol. The molecule has 180 valence electrons.